The first-order valence-corrected chi connectivity index (χ1v) is 6.28. The van der Waals surface area contributed by atoms with Gasteiger partial charge in [0, 0.05) is 24.5 Å². The van der Waals surface area contributed by atoms with Gasteiger partial charge < -0.3 is 9.90 Å². The summed E-state index contributed by atoms with van der Waals surface area (Å²) in [5.41, 5.74) is 0. The van der Waals surface area contributed by atoms with E-state index in [1.54, 1.807) is 0 Å². The molecule has 0 spiro atoms. The van der Waals surface area contributed by atoms with Crippen molar-refractivity contribution < 1.29 is 14.5 Å². The number of aliphatic carboxylic acids is 1. The lowest BCUT2D eigenvalue weighted by Crippen LogP contribution is -2.32. The second-order valence-electron chi connectivity index (χ2n) is 4.02. The van der Waals surface area contributed by atoms with E-state index in [2.05, 4.69) is 42.1 Å². The largest absolute Gasteiger partial charge is 0.550 e. The fraction of sp³-hybridized carbons (Fsp3) is 0.571. The molecule has 0 aliphatic carbocycles. The van der Waals surface area contributed by atoms with Gasteiger partial charge in [-0.25, -0.2) is 4.57 Å². The summed E-state index contributed by atoms with van der Waals surface area (Å²) in [6.45, 7) is 4.40. The summed E-state index contributed by atoms with van der Waals surface area (Å²) < 4.78 is 2.26. The average Bonchev–Trinajstić information content (AvgIpc) is 2.29. The molecule has 0 saturated carbocycles. The molecule has 0 aliphatic rings. The van der Waals surface area contributed by atoms with Gasteiger partial charge in [-0.3, -0.25) is 0 Å². The first-order valence-electron chi connectivity index (χ1n) is 6.28. The molecule has 0 amide bonds. The molecule has 0 saturated heterocycles. The van der Waals surface area contributed by atoms with Crippen LogP contribution in [-0.2, 0) is 11.3 Å². The van der Waals surface area contributed by atoms with Gasteiger partial charge in [0.05, 0.1) is 0 Å². The Bertz CT molecular complexity index is 282. The summed E-state index contributed by atoms with van der Waals surface area (Å²) in [4.78, 5) is 8.89. The number of carbonyl (C=O) groups excluding carboxylic acids is 1. The van der Waals surface area contributed by atoms with E-state index in [4.69, 9.17) is 9.90 Å². The SMILES string of the molecule is CC(=O)[O-].CCCCCCC[n+]1ccccc1. The molecular formula is C14H23NO2. The number of carbonyl (C=O) groups is 1. The standard InChI is InChI=1S/C12H20N.C2H4O2/c1-2-3-4-5-7-10-13-11-8-6-9-12-13;1-2(3)4/h6,8-9,11-12H,2-5,7,10H2,1H3;1H3,(H,3,4)/q+1;/p-1. The normalized spacial score (nSPS) is 9.29. The minimum Gasteiger partial charge on any atom is -0.550 e. The Morgan fingerprint density at radius 3 is 2.12 bits per heavy atom. The molecular weight excluding hydrogens is 214 g/mol. The van der Waals surface area contributed by atoms with Crippen molar-refractivity contribution in [3.63, 3.8) is 0 Å². The molecule has 0 aromatic carbocycles. The van der Waals surface area contributed by atoms with E-state index in [9.17, 15) is 0 Å². The van der Waals surface area contributed by atoms with Crippen LogP contribution in [-0.4, -0.2) is 5.97 Å². The number of carboxylic acid groups (broad SMARTS) is 1. The van der Waals surface area contributed by atoms with E-state index in [1.165, 1.54) is 38.6 Å². The van der Waals surface area contributed by atoms with Crippen LogP contribution >= 0.6 is 0 Å². The molecule has 3 nitrogen and oxygen atoms in total. The minimum atomic E-state index is -1.08. The summed E-state index contributed by atoms with van der Waals surface area (Å²) in [5, 5.41) is 8.89. The topological polar surface area (TPSA) is 44.0 Å². The maximum Gasteiger partial charge on any atom is 0.168 e. The molecule has 17 heavy (non-hydrogen) atoms. The lowest BCUT2D eigenvalue weighted by Gasteiger charge is -1.97. The van der Waals surface area contributed by atoms with Gasteiger partial charge >= 0.3 is 0 Å². The fourth-order valence-electron chi connectivity index (χ4n) is 1.48. The number of hydrogen-bond acceptors (Lipinski definition) is 2. The predicted octanol–water partition coefficient (Wildman–Crippen LogP) is 1.70. The maximum atomic E-state index is 8.89. The number of rotatable bonds is 6. The number of pyridine rings is 1. The minimum absolute atomic E-state index is 0.972. The Hall–Kier alpha value is -1.38. The van der Waals surface area contributed by atoms with Gasteiger partial charge in [-0.15, -0.1) is 0 Å². The van der Waals surface area contributed by atoms with Gasteiger partial charge in [0.15, 0.2) is 12.4 Å². The highest BCUT2D eigenvalue weighted by Crippen LogP contribution is 2.01. The zero-order valence-corrected chi connectivity index (χ0v) is 10.9. The second kappa shape index (κ2) is 11.1. The van der Waals surface area contributed by atoms with E-state index < -0.39 is 5.97 Å². The molecule has 96 valence electrons. The third kappa shape index (κ3) is 12.6. The number of aromatic nitrogens is 1. The van der Waals surface area contributed by atoms with Crippen molar-refractivity contribution in [2.75, 3.05) is 0 Å². The van der Waals surface area contributed by atoms with Crippen molar-refractivity contribution in [3.8, 4) is 0 Å². The van der Waals surface area contributed by atoms with Crippen molar-refractivity contribution >= 4 is 5.97 Å². The highest BCUT2D eigenvalue weighted by atomic mass is 16.4. The Labute approximate surface area is 104 Å². The molecule has 3 heteroatoms. The van der Waals surface area contributed by atoms with Crippen molar-refractivity contribution in [2.24, 2.45) is 0 Å². The van der Waals surface area contributed by atoms with Gasteiger partial charge in [-0.2, -0.15) is 0 Å². The maximum absolute atomic E-state index is 8.89. The number of nitrogens with zero attached hydrogens (tertiary/aromatic N) is 1. The fourth-order valence-corrected chi connectivity index (χ4v) is 1.48. The predicted molar refractivity (Wildman–Crippen MR) is 66.1 cm³/mol. The van der Waals surface area contributed by atoms with E-state index in [0.717, 1.165) is 6.92 Å². The summed E-state index contributed by atoms with van der Waals surface area (Å²) in [5.74, 6) is -1.08. The number of aryl methyl sites for hydroxylation is 1. The molecule has 1 aromatic rings. The Kier molecular flexibility index (Phi) is 10.2. The molecule has 0 radical (unpaired) electrons. The van der Waals surface area contributed by atoms with Crippen LogP contribution in [0.1, 0.15) is 46.0 Å². The highest BCUT2D eigenvalue weighted by Gasteiger charge is 1.96. The van der Waals surface area contributed by atoms with Crippen LogP contribution in [0.15, 0.2) is 30.6 Å². The third-order valence-electron chi connectivity index (χ3n) is 2.30. The molecule has 0 bridgehead atoms. The van der Waals surface area contributed by atoms with Crippen LogP contribution < -0.4 is 9.67 Å². The summed E-state index contributed by atoms with van der Waals surface area (Å²) >= 11 is 0. The van der Waals surface area contributed by atoms with Crippen LogP contribution in [0.4, 0.5) is 0 Å². The third-order valence-corrected chi connectivity index (χ3v) is 2.30. The molecule has 1 rings (SSSR count). The van der Waals surface area contributed by atoms with Gasteiger partial charge in [0.25, 0.3) is 0 Å². The van der Waals surface area contributed by atoms with Gasteiger partial charge in [0.2, 0.25) is 0 Å². The molecule has 0 unspecified atom stereocenters. The zero-order valence-electron chi connectivity index (χ0n) is 10.9. The van der Waals surface area contributed by atoms with E-state index in [0.29, 0.717) is 0 Å². The quantitative estimate of drug-likeness (QED) is 0.558. The second-order valence-corrected chi connectivity index (χ2v) is 4.02. The van der Waals surface area contributed by atoms with Crippen LogP contribution in [0.3, 0.4) is 0 Å². The Morgan fingerprint density at radius 1 is 1.06 bits per heavy atom. The average molecular weight is 237 g/mol. The molecule has 1 aromatic heterocycles. The van der Waals surface area contributed by atoms with Crippen LogP contribution in [0, 0.1) is 0 Å². The van der Waals surface area contributed by atoms with Crippen molar-refractivity contribution in [3.05, 3.63) is 30.6 Å². The molecule has 0 aliphatic heterocycles. The zero-order chi connectivity index (χ0) is 12.9. The van der Waals surface area contributed by atoms with Crippen molar-refractivity contribution in [2.45, 2.75) is 52.5 Å². The smallest absolute Gasteiger partial charge is 0.168 e. The van der Waals surface area contributed by atoms with E-state index >= 15 is 0 Å². The van der Waals surface area contributed by atoms with Gasteiger partial charge in [-0.05, 0) is 13.3 Å². The number of carboxylic acids is 1. The van der Waals surface area contributed by atoms with E-state index in [1.807, 2.05) is 0 Å². The van der Waals surface area contributed by atoms with Crippen molar-refractivity contribution in [1.82, 2.24) is 0 Å². The number of unbranched alkanes of at least 4 members (excludes halogenated alkanes) is 4. The summed E-state index contributed by atoms with van der Waals surface area (Å²) in [6.07, 6.45) is 11.1. The Balaban J connectivity index is 0.000000557. The molecule has 0 atom stereocenters. The van der Waals surface area contributed by atoms with Crippen LogP contribution in [0.2, 0.25) is 0 Å². The number of hydrogen-bond donors (Lipinski definition) is 0. The van der Waals surface area contributed by atoms with Gasteiger partial charge in [0.1, 0.15) is 6.54 Å². The molecule has 0 N–H and O–H groups in total. The first kappa shape index (κ1) is 15.6. The summed E-state index contributed by atoms with van der Waals surface area (Å²) in [7, 11) is 0. The summed E-state index contributed by atoms with van der Waals surface area (Å²) in [6, 6.07) is 6.24. The monoisotopic (exact) mass is 237 g/mol. The van der Waals surface area contributed by atoms with Crippen LogP contribution in [0.5, 0.6) is 0 Å². The van der Waals surface area contributed by atoms with Gasteiger partial charge in [-0.1, -0.05) is 32.3 Å². The van der Waals surface area contributed by atoms with Crippen LogP contribution in [0.25, 0.3) is 0 Å². The molecule has 0 fully saturated rings. The van der Waals surface area contributed by atoms with Crippen molar-refractivity contribution in [1.29, 1.82) is 0 Å². The molecule has 1 heterocycles. The first-order chi connectivity index (χ1) is 8.16. The van der Waals surface area contributed by atoms with E-state index in [-0.39, 0.29) is 0 Å². The lowest BCUT2D eigenvalue weighted by atomic mass is 10.1. The Morgan fingerprint density at radius 2 is 1.59 bits per heavy atom. The highest BCUT2D eigenvalue weighted by molar-refractivity contribution is 5.60. The lowest BCUT2D eigenvalue weighted by molar-refractivity contribution is -0.697.